The second-order valence-corrected chi connectivity index (χ2v) is 9.57. The molecule has 4 rings (SSSR count). The number of aliphatic hydroxyl groups excluding tert-OH is 2. The first-order valence-electron chi connectivity index (χ1n) is 11.1. The number of thiazole rings is 1. The molecule has 1 aromatic heterocycles. The SMILES string of the molecule is COc1cc(N2CCN(C(=O)Nc3nc4ccc(F)cc4s3)C(C)C2)c(C)cc1CC(O)CO. The summed E-state index contributed by atoms with van der Waals surface area (Å²) in [5.74, 6) is 0.330. The minimum Gasteiger partial charge on any atom is -0.496 e. The molecule has 3 aromatic rings. The number of aromatic nitrogens is 1. The summed E-state index contributed by atoms with van der Waals surface area (Å²) in [6.45, 7) is 5.51. The number of carbonyl (C=O) groups is 1. The van der Waals surface area contributed by atoms with Gasteiger partial charge in [0, 0.05) is 43.9 Å². The number of hydrogen-bond acceptors (Lipinski definition) is 7. The molecular formula is C24H29FN4O4S. The Morgan fingerprint density at radius 3 is 2.85 bits per heavy atom. The Morgan fingerprint density at radius 2 is 2.15 bits per heavy atom. The van der Waals surface area contributed by atoms with Crippen molar-refractivity contribution in [3.63, 3.8) is 0 Å². The molecule has 1 fully saturated rings. The number of piperazine rings is 1. The van der Waals surface area contributed by atoms with Crippen LogP contribution in [0.15, 0.2) is 30.3 Å². The Balaban J connectivity index is 1.44. The van der Waals surface area contributed by atoms with Gasteiger partial charge in [0.15, 0.2) is 5.13 Å². The Bertz CT molecular complexity index is 1190. The van der Waals surface area contributed by atoms with E-state index in [0.717, 1.165) is 16.8 Å². The first-order valence-corrected chi connectivity index (χ1v) is 12.0. The summed E-state index contributed by atoms with van der Waals surface area (Å²) >= 11 is 1.25. The molecule has 1 saturated heterocycles. The third kappa shape index (κ3) is 5.08. The quantitative estimate of drug-likeness (QED) is 0.492. The molecule has 0 saturated carbocycles. The highest BCUT2D eigenvalue weighted by atomic mass is 32.1. The van der Waals surface area contributed by atoms with E-state index in [4.69, 9.17) is 4.74 Å². The molecule has 2 atom stereocenters. The van der Waals surface area contributed by atoms with Crippen LogP contribution < -0.4 is 15.0 Å². The third-order valence-electron chi connectivity index (χ3n) is 6.06. The Morgan fingerprint density at radius 1 is 1.35 bits per heavy atom. The summed E-state index contributed by atoms with van der Waals surface area (Å²) in [6.07, 6.45) is -0.528. The van der Waals surface area contributed by atoms with Gasteiger partial charge in [-0.2, -0.15) is 0 Å². The van der Waals surface area contributed by atoms with Gasteiger partial charge in [-0.15, -0.1) is 0 Å². The number of methoxy groups -OCH3 is 1. The van der Waals surface area contributed by atoms with Crippen LogP contribution in [0.25, 0.3) is 10.2 Å². The topological polar surface area (TPSA) is 98.2 Å². The lowest BCUT2D eigenvalue weighted by Crippen LogP contribution is -2.55. The summed E-state index contributed by atoms with van der Waals surface area (Å²) in [6, 6.07) is 8.02. The molecule has 2 unspecified atom stereocenters. The number of amides is 2. The number of ether oxygens (including phenoxy) is 1. The molecule has 2 amide bonds. The Labute approximate surface area is 201 Å². The smallest absolute Gasteiger partial charge is 0.324 e. The third-order valence-corrected chi connectivity index (χ3v) is 6.99. The van der Waals surface area contributed by atoms with Crippen LogP contribution in [0.2, 0.25) is 0 Å². The molecule has 182 valence electrons. The standard InChI is InChI=1S/C24H29FN4O4S/c1-14-8-16(9-18(31)13-30)21(33-3)11-20(14)28-6-7-29(15(2)12-28)24(32)27-23-26-19-5-4-17(25)10-22(19)34-23/h4-5,8,10-11,15,18,30-31H,6-7,9,12-13H2,1-3H3,(H,26,27,32). The van der Waals surface area contributed by atoms with Crippen molar-refractivity contribution in [3.05, 3.63) is 47.3 Å². The average Bonchev–Trinajstić information content (AvgIpc) is 3.20. The minimum atomic E-state index is -0.837. The minimum absolute atomic E-state index is 0.0538. The predicted octanol–water partition coefficient (Wildman–Crippen LogP) is 3.39. The van der Waals surface area contributed by atoms with Crippen LogP contribution >= 0.6 is 11.3 Å². The zero-order valence-corrected chi connectivity index (χ0v) is 20.2. The zero-order chi connectivity index (χ0) is 24.4. The molecule has 8 nitrogen and oxygen atoms in total. The number of nitrogens with one attached hydrogen (secondary N) is 1. The number of rotatable bonds is 6. The molecule has 0 spiro atoms. The monoisotopic (exact) mass is 488 g/mol. The molecule has 2 heterocycles. The van der Waals surface area contributed by atoms with Crippen LogP contribution in [0.5, 0.6) is 5.75 Å². The highest BCUT2D eigenvalue weighted by Gasteiger charge is 2.29. The fourth-order valence-electron chi connectivity index (χ4n) is 4.34. The fraction of sp³-hybridized carbons (Fsp3) is 0.417. The molecule has 0 aliphatic carbocycles. The Hall–Kier alpha value is -2.95. The molecule has 34 heavy (non-hydrogen) atoms. The van der Waals surface area contributed by atoms with Crippen LogP contribution in [0.3, 0.4) is 0 Å². The first kappa shape index (κ1) is 24.2. The van der Waals surface area contributed by atoms with Gasteiger partial charge in [-0.3, -0.25) is 5.32 Å². The van der Waals surface area contributed by atoms with Gasteiger partial charge in [0.2, 0.25) is 0 Å². The molecule has 0 radical (unpaired) electrons. The van der Waals surface area contributed by atoms with Gasteiger partial charge in [0.05, 0.1) is 30.0 Å². The molecule has 0 bridgehead atoms. The van der Waals surface area contributed by atoms with Crippen LogP contribution in [0.1, 0.15) is 18.1 Å². The van der Waals surface area contributed by atoms with Crippen LogP contribution in [-0.2, 0) is 6.42 Å². The molecule has 1 aliphatic heterocycles. The van der Waals surface area contributed by atoms with Crippen molar-refractivity contribution in [2.75, 3.05) is 43.6 Å². The van der Waals surface area contributed by atoms with Crippen LogP contribution in [-0.4, -0.2) is 71.6 Å². The number of carbonyl (C=O) groups excluding carboxylic acids is 1. The van der Waals surface area contributed by atoms with E-state index >= 15 is 0 Å². The number of aryl methyl sites for hydroxylation is 1. The summed E-state index contributed by atoms with van der Waals surface area (Å²) < 4.78 is 19.7. The summed E-state index contributed by atoms with van der Waals surface area (Å²) in [5.41, 5.74) is 3.54. The number of anilines is 2. The van der Waals surface area contributed by atoms with Gasteiger partial charge >= 0.3 is 6.03 Å². The number of hydrogen-bond donors (Lipinski definition) is 3. The number of benzene rings is 2. The largest absolute Gasteiger partial charge is 0.496 e. The summed E-state index contributed by atoms with van der Waals surface area (Å²) in [4.78, 5) is 21.3. The first-order chi connectivity index (χ1) is 16.3. The maximum absolute atomic E-state index is 13.4. The van der Waals surface area contributed by atoms with Gasteiger partial charge in [0.25, 0.3) is 0 Å². The van der Waals surface area contributed by atoms with E-state index in [-0.39, 0.29) is 24.5 Å². The highest BCUT2D eigenvalue weighted by molar-refractivity contribution is 7.22. The predicted molar refractivity (Wildman–Crippen MR) is 132 cm³/mol. The second kappa shape index (κ2) is 10.1. The van der Waals surface area contributed by atoms with Crippen molar-refractivity contribution < 1.29 is 24.1 Å². The van der Waals surface area contributed by atoms with Crippen molar-refractivity contribution in [2.45, 2.75) is 32.4 Å². The number of fused-ring (bicyclic) bond motifs is 1. The van der Waals surface area contributed by atoms with Gasteiger partial charge in [-0.1, -0.05) is 17.4 Å². The lowest BCUT2D eigenvalue weighted by Gasteiger charge is -2.41. The maximum Gasteiger partial charge on any atom is 0.324 e. The van der Waals surface area contributed by atoms with Crippen molar-refractivity contribution in [1.29, 1.82) is 0 Å². The molecule has 3 N–H and O–H groups in total. The van der Waals surface area contributed by atoms with Crippen molar-refractivity contribution in [1.82, 2.24) is 9.88 Å². The lowest BCUT2D eigenvalue weighted by atomic mass is 10.0. The molecule has 10 heteroatoms. The van der Waals surface area contributed by atoms with Crippen molar-refractivity contribution >= 4 is 38.4 Å². The maximum atomic E-state index is 13.4. The number of halogens is 1. The van der Waals surface area contributed by atoms with Crippen LogP contribution in [0, 0.1) is 12.7 Å². The second-order valence-electron chi connectivity index (χ2n) is 8.54. The van der Waals surface area contributed by atoms with E-state index in [1.54, 1.807) is 18.1 Å². The van der Waals surface area contributed by atoms with Gasteiger partial charge in [0.1, 0.15) is 11.6 Å². The molecule has 1 aliphatic rings. The van der Waals surface area contributed by atoms with Crippen LogP contribution in [0.4, 0.5) is 20.0 Å². The number of urea groups is 1. The highest BCUT2D eigenvalue weighted by Crippen LogP contribution is 2.32. The normalized spacial score (nSPS) is 17.2. The van der Waals surface area contributed by atoms with Crippen molar-refractivity contribution in [3.8, 4) is 5.75 Å². The Kier molecular flexibility index (Phi) is 7.20. The fourth-order valence-corrected chi connectivity index (χ4v) is 5.22. The van der Waals surface area contributed by atoms with Crippen molar-refractivity contribution in [2.24, 2.45) is 0 Å². The lowest BCUT2D eigenvalue weighted by molar-refractivity contribution is 0.0949. The summed E-state index contributed by atoms with van der Waals surface area (Å²) in [5, 5.41) is 22.3. The van der Waals surface area contributed by atoms with Gasteiger partial charge in [-0.25, -0.2) is 14.2 Å². The molecular weight excluding hydrogens is 459 g/mol. The molecule has 2 aromatic carbocycles. The van der Waals surface area contributed by atoms with Gasteiger partial charge < -0.3 is 24.7 Å². The van der Waals surface area contributed by atoms with E-state index in [1.807, 2.05) is 26.0 Å². The number of aliphatic hydroxyl groups is 2. The van der Waals surface area contributed by atoms with E-state index in [2.05, 4.69) is 15.2 Å². The summed E-state index contributed by atoms with van der Waals surface area (Å²) in [7, 11) is 1.59. The van der Waals surface area contributed by atoms with Gasteiger partial charge in [-0.05, 0) is 43.2 Å². The average molecular weight is 489 g/mol. The van der Waals surface area contributed by atoms with E-state index in [9.17, 15) is 19.4 Å². The van der Waals surface area contributed by atoms with E-state index in [1.165, 1.54) is 23.5 Å². The zero-order valence-electron chi connectivity index (χ0n) is 19.4. The van der Waals surface area contributed by atoms with E-state index in [0.29, 0.717) is 47.2 Å². The van der Waals surface area contributed by atoms with E-state index < -0.39 is 6.10 Å². The number of nitrogens with zero attached hydrogens (tertiary/aromatic N) is 3.